The van der Waals surface area contributed by atoms with Crippen molar-refractivity contribution in [2.75, 3.05) is 5.75 Å². The average Bonchev–Trinajstić information content (AvgIpc) is 2.19. The number of nitrogens with two attached hydrogens (primary N) is 1. The minimum Gasteiger partial charge on any atom is -0.327 e. The first-order valence-corrected chi connectivity index (χ1v) is 6.35. The first-order valence-electron chi connectivity index (χ1n) is 5.30. The van der Waals surface area contributed by atoms with Gasteiger partial charge in [0.05, 0.1) is 0 Å². The molecule has 1 aromatic carbocycles. The van der Waals surface area contributed by atoms with Gasteiger partial charge in [0.1, 0.15) is 11.6 Å². The molecule has 0 bridgehead atoms. The van der Waals surface area contributed by atoms with E-state index in [9.17, 15) is 8.78 Å². The predicted octanol–water partition coefficient (Wildman–Crippen LogP) is 3.40. The Morgan fingerprint density at radius 3 is 2.47 bits per heavy atom. The minimum atomic E-state index is -0.550. The maximum absolute atomic E-state index is 13.3. The van der Waals surface area contributed by atoms with Gasteiger partial charge in [-0.05, 0) is 23.3 Å². The molecule has 2 N–H and O–H groups in total. The number of hydrogen-bond donors (Lipinski definition) is 1. The molecule has 0 spiro atoms. The Balaban J connectivity index is 0.00000256. The lowest BCUT2D eigenvalue weighted by atomic mass is 10.1. The first-order chi connectivity index (χ1) is 7.49. The van der Waals surface area contributed by atoms with Gasteiger partial charge in [-0.2, -0.15) is 11.8 Å². The molecule has 0 saturated carbocycles. The molecule has 1 nitrogen and oxygen atoms in total. The minimum absolute atomic E-state index is 0. The summed E-state index contributed by atoms with van der Waals surface area (Å²) in [6.07, 6.45) is 0.450. The van der Waals surface area contributed by atoms with Crippen LogP contribution in [0.1, 0.15) is 19.4 Å². The molecular formula is C12H18ClF2NS. The lowest BCUT2D eigenvalue weighted by Gasteiger charge is -2.13. The van der Waals surface area contributed by atoms with Gasteiger partial charge in [0, 0.05) is 17.9 Å². The molecule has 0 aliphatic heterocycles. The van der Waals surface area contributed by atoms with Crippen LogP contribution in [0.4, 0.5) is 8.78 Å². The third kappa shape index (κ3) is 6.24. The number of thioether (sulfide) groups is 1. The van der Waals surface area contributed by atoms with E-state index in [0.29, 0.717) is 17.2 Å². The van der Waals surface area contributed by atoms with E-state index in [1.807, 2.05) is 0 Å². The number of rotatable bonds is 5. The van der Waals surface area contributed by atoms with Crippen LogP contribution in [0.25, 0.3) is 0 Å². The smallest absolute Gasteiger partial charge is 0.129 e. The zero-order chi connectivity index (χ0) is 12.1. The fourth-order valence-corrected chi connectivity index (χ4v) is 2.09. The Hall–Kier alpha value is -0.320. The highest BCUT2D eigenvalue weighted by atomic mass is 35.5. The van der Waals surface area contributed by atoms with Crippen molar-refractivity contribution >= 4 is 24.2 Å². The van der Waals surface area contributed by atoms with Gasteiger partial charge in [0.15, 0.2) is 0 Å². The molecule has 1 aromatic rings. The van der Waals surface area contributed by atoms with Gasteiger partial charge in [-0.1, -0.05) is 19.9 Å². The Labute approximate surface area is 112 Å². The summed E-state index contributed by atoms with van der Waals surface area (Å²) in [6.45, 7) is 4.19. The van der Waals surface area contributed by atoms with Crippen molar-refractivity contribution in [3.63, 3.8) is 0 Å². The molecule has 1 unspecified atom stereocenters. The zero-order valence-electron chi connectivity index (χ0n) is 9.95. The highest BCUT2D eigenvalue weighted by Crippen LogP contribution is 2.15. The summed E-state index contributed by atoms with van der Waals surface area (Å²) in [4.78, 5) is 0. The maximum atomic E-state index is 13.3. The zero-order valence-corrected chi connectivity index (χ0v) is 11.6. The Bertz CT molecular complexity index is 347. The summed E-state index contributed by atoms with van der Waals surface area (Å²) in [6, 6.07) is 3.54. The van der Waals surface area contributed by atoms with Crippen LogP contribution in [0.5, 0.6) is 0 Å². The summed E-state index contributed by atoms with van der Waals surface area (Å²) in [5.41, 5.74) is 6.36. The molecule has 0 fully saturated rings. The highest BCUT2D eigenvalue weighted by molar-refractivity contribution is 7.99. The van der Waals surface area contributed by atoms with E-state index in [2.05, 4.69) is 13.8 Å². The van der Waals surface area contributed by atoms with Crippen LogP contribution in [-0.4, -0.2) is 17.0 Å². The van der Waals surface area contributed by atoms with E-state index >= 15 is 0 Å². The summed E-state index contributed by atoms with van der Waals surface area (Å²) < 4.78 is 26.0. The molecule has 0 heterocycles. The predicted molar refractivity (Wildman–Crippen MR) is 72.9 cm³/mol. The summed E-state index contributed by atoms with van der Waals surface area (Å²) in [5.74, 6) is -0.273. The van der Waals surface area contributed by atoms with Crippen molar-refractivity contribution in [1.82, 2.24) is 0 Å². The number of hydrogen-bond acceptors (Lipinski definition) is 2. The van der Waals surface area contributed by atoms with Gasteiger partial charge in [-0.15, -0.1) is 12.4 Å². The molecule has 0 aliphatic carbocycles. The second kappa shape index (κ2) is 7.90. The van der Waals surface area contributed by atoms with Gasteiger partial charge in [0.2, 0.25) is 0 Å². The number of halogens is 3. The van der Waals surface area contributed by atoms with Crippen LogP contribution < -0.4 is 5.73 Å². The molecule has 0 saturated heterocycles. The Kier molecular flexibility index (Phi) is 7.75. The van der Waals surface area contributed by atoms with Crippen LogP contribution >= 0.6 is 24.2 Å². The van der Waals surface area contributed by atoms with Gasteiger partial charge in [0.25, 0.3) is 0 Å². The van der Waals surface area contributed by atoms with Gasteiger partial charge < -0.3 is 5.73 Å². The van der Waals surface area contributed by atoms with Crippen LogP contribution in [0, 0.1) is 11.6 Å². The lowest BCUT2D eigenvalue weighted by molar-refractivity contribution is 0.565. The van der Waals surface area contributed by atoms with E-state index in [4.69, 9.17) is 5.73 Å². The monoisotopic (exact) mass is 281 g/mol. The summed E-state index contributed by atoms with van der Waals surface area (Å²) in [5, 5.41) is 0.518. The highest BCUT2D eigenvalue weighted by Gasteiger charge is 2.10. The van der Waals surface area contributed by atoms with E-state index < -0.39 is 11.6 Å². The van der Waals surface area contributed by atoms with Crippen molar-refractivity contribution in [2.24, 2.45) is 5.73 Å². The third-order valence-corrected chi connectivity index (χ3v) is 3.43. The fraction of sp³-hybridized carbons (Fsp3) is 0.500. The molecule has 17 heavy (non-hydrogen) atoms. The van der Waals surface area contributed by atoms with Crippen molar-refractivity contribution in [2.45, 2.75) is 31.6 Å². The van der Waals surface area contributed by atoms with Crippen LogP contribution in [-0.2, 0) is 6.42 Å². The summed E-state index contributed by atoms with van der Waals surface area (Å²) in [7, 11) is 0. The third-order valence-electron chi connectivity index (χ3n) is 2.14. The van der Waals surface area contributed by atoms with Gasteiger partial charge >= 0.3 is 0 Å². The van der Waals surface area contributed by atoms with E-state index in [1.165, 1.54) is 12.1 Å². The molecule has 0 aliphatic rings. The Morgan fingerprint density at radius 1 is 1.29 bits per heavy atom. The number of benzene rings is 1. The molecule has 1 rings (SSSR count). The van der Waals surface area contributed by atoms with E-state index in [1.54, 1.807) is 11.8 Å². The second-order valence-corrected chi connectivity index (χ2v) is 5.69. The van der Waals surface area contributed by atoms with Crippen LogP contribution in [0.3, 0.4) is 0 Å². The summed E-state index contributed by atoms with van der Waals surface area (Å²) >= 11 is 1.75. The molecule has 98 valence electrons. The topological polar surface area (TPSA) is 26.0 Å². The molecule has 5 heteroatoms. The molecule has 1 atom stereocenters. The average molecular weight is 282 g/mol. The largest absolute Gasteiger partial charge is 0.327 e. The molecule has 0 amide bonds. The SMILES string of the molecule is CC(C)SCC(N)Cc1ccc(F)cc1F.Cl. The molecule has 0 radical (unpaired) electrons. The van der Waals surface area contributed by atoms with Gasteiger partial charge in [-0.25, -0.2) is 8.78 Å². The van der Waals surface area contributed by atoms with Gasteiger partial charge in [-0.3, -0.25) is 0 Å². The van der Waals surface area contributed by atoms with Crippen LogP contribution in [0.2, 0.25) is 0 Å². The van der Waals surface area contributed by atoms with E-state index in [0.717, 1.165) is 11.8 Å². The fourth-order valence-electron chi connectivity index (χ4n) is 1.34. The van der Waals surface area contributed by atoms with E-state index in [-0.39, 0.29) is 18.4 Å². The molecular weight excluding hydrogens is 264 g/mol. The maximum Gasteiger partial charge on any atom is 0.129 e. The van der Waals surface area contributed by atoms with Crippen molar-refractivity contribution in [3.05, 3.63) is 35.4 Å². The first kappa shape index (κ1) is 16.7. The van der Waals surface area contributed by atoms with Crippen molar-refractivity contribution in [1.29, 1.82) is 0 Å². The van der Waals surface area contributed by atoms with Crippen molar-refractivity contribution in [3.8, 4) is 0 Å². The standard InChI is InChI=1S/C12H17F2NS.ClH/c1-8(2)16-7-11(15)5-9-3-4-10(13)6-12(9)14;/h3-4,6,8,11H,5,7,15H2,1-2H3;1H. The normalized spacial score (nSPS) is 12.4. The lowest BCUT2D eigenvalue weighted by Crippen LogP contribution is -2.26. The quantitative estimate of drug-likeness (QED) is 0.895. The Morgan fingerprint density at radius 2 is 1.94 bits per heavy atom. The second-order valence-electron chi connectivity index (χ2n) is 4.08. The van der Waals surface area contributed by atoms with Crippen molar-refractivity contribution < 1.29 is 8.78 Å². The van der Waals surface area contributed by atoms with Crippen LogP contribution in [0.15, 0.2) is 18.2 Å². The molecule has 0 aromatic heterocycles.